The van der Waals surface area contributed by atoms with Crippen LogP contribution in [0.15, 0.2) is 12.5 Å². The van der Waals surface area contributed by atoms with E-state index < -0.39 is 0 Å². The number of methoxy groups -OCH3 is 1. The minimum atomic E-state index is -0.140. The van der Waals surface area contributed by atoms with Crippen molar-refractivity contribution in [2.75, 3.05) is 33.4 Å². The van der Waals surface area contributed by atoms with E-state index in [4.69, 9.17) is 9.47 Å². The van der Waals surface area contributed by atoms with Crippen LogP contribution in [0, 0.1) is 0 Å². The molecule has 0 spiro atoms. The summed E-state index contributed by atoms with van der Waals surface area (Å²) in [5.74, 6) is 0.630. The first kappa shape index (κ1) is 15.1. The van der Waals surface area contributed by atoms with Gasteiger partial charge in [-0.05, 0) is 5.21 Å². The first-order valence-corrected chi connectivity index (χ1v) is 7.32. The fraction of sp³-hybridized carbons (Fsp3) is 0.692. The third-order valence-corrected chi connectivity index (χ3v) is 3.70. The van der Waals surface area contributed by atoms with Crippen molar-refractivity contribution in [2.24, 2.45) is 7.05 Å². The standard InChI is InChI=1S/C13H21N7O2/c1-18-10-14-7-11(18)8-19-3-6-22-12(9-19)13-15-17-20(16-13)4-5-21-2/h7,10,12H,3-6,8-9H2,1-2H3. The Hall–Kier alpha value is -1.84. The lowest BCUT2D eigenvalue weighted by atomic mass is 10.2. The van der Waals surface area contributed by atoms with E-state index >= 15 is 0 Å². The number of hydrogen-bond acceptors (Lipinski definition) is 7. The SMILES string of the molecule is COCCn1nnc(C2CN(Cc3cncn3C)CCO2)n1. The number of nitrogens with zero attached hydrogens (tertiary/aromatic N) is 7. The van der Waals surface area contributed by atoms with Crippen LogP contribution in [0.4, 0.5) is 0 Å². The van der Waals surface area contributed by atoms with Crippen molar-refractivity contribution in [3.8, 4) is 0 Å². The summed E-state index contributed by atoms with van der Waals surface area (Å²) < 4.78 is 12.8. The molecule has 1 saturated heterocycles. The van der Waals surface area contributed by atoms with Gasteiger partial charge in [-0.1, -0.05) is 0 Å². The average Bonchev–Trinajstić information content (AvgIpc) is 3.15. The summed E-state index contributed by atoms with van der Waals surface area (Å²) in [7, 11) is 3.65. The zero-order valence-corrected chi connectivity index (χ0v) is 12.9. The molecule has 0 N–H and O–H groups in total. The Morgan fingerprint density at radius 2 is 2.36 bits per heavy atom. The molecular weight excluding hydrogens is 286 g/mol. The van der Waals surface area contributed by atoms with Crippen LogP contribution in [-0.2, 0) is 29.6 Å². The van der Waals surface area contributed by atoms with Crippen molar-refractivity contribution < 1.29 is 9.47 Å². The Balaban J connectivity index is 1.60. The fourth-order valence-corrected chi connectivity index (χ4v) is 2.42. The highest BCUT2D eigenvalue weighted by Gasteiger charge is 2.26. The molecule has 1 aliphatic heterocycles. The highest BCUT2D eigenvalue weighted by molar-refractivity contribution is 4.98. The van der Waals surface area contributed by atoms with Gasteiger partial charge in [0.1, 0.15) is 6.10 Å². The van der Waals surface area contributed by atoms with Crippen LogP contribution in [0.5, 0.6) is 0 Å². The second-order valence-corrected chi connectivity index (χ2v) is 5.33. The largest absolute Gasteiger partial charge is 0.383 e. The number of morpholine rings is 1. The first-order chi connectivity index (χ1) is 10.8. The molecule has 0 aliphatic carbocycles. The molecule has 9 heteroatoms. The highest BCUT2D eigenvalue weighted by atomic mass is 16.5. The molecule has 1 aliphatic rings. The van der Waals surface area contributed by atoms with Gasteiger partial charge in [0.2, 0.25) is 5.82 Å². The van der Waals surface area contributed by atoms with Gasteiger partial charge < -0.3 is 14.0 Å². The smallest absolute Gasteiger partial charge is 0.204 e. The fourth-order valence-electron chi connectivity index (χ4n) is 2.42. The maximum atomic E-state index is 5.79. The van der Waals surface area contributed by atoms with E-state index in [9.17, 15) is 0 Å². The number of hydrogen-bond donors (Lipinski definition) is 0. The molecule has 1 atom stereocenters. The molecule has 3 rings (SSSR count). The molecule has 120 valence electrons. The van der Waals surface area contributed by atoms with Crippen molar-refractivity contribution in [3.05, 3.63) is 24.0 Å². The van der Waals surface area contributed by atoms with Gasteiger partial charge in [-0.2, -0.15) is 4.80 Å². The molecular formula is C13H21N7O2. The zero-order chi connectivity index (χ0) is 15.4. The number of rotatable bonds is 6. The Kier molecular flexibility index (Phi) is 4.76. The van der Waals surface area contributed by atoms with E-state index in [-0.39, 0.29) is 6.10 Å². The van der Waals surface area contributed by atoms with E-state index in [1.165, 1.54) is 5.69 Å². The lowest BCUT2D eigenvalue weighted by Gasteiger charge is -2.31. The van der Waals surface area contributed by atoms with Crippen LogP contribution >= 0.6 is 0 Å². The van der Waals surface area contributed by atoms with Crippen LogP contribution in [-0.4, -0.2) is 68.1 Å². The van der Waals surface area contributed by atoms with E-state index in [0.717, 1.165) is 19.6 Å². The van der Waals surface area contributed by atoms with E-state index in [1.54, 1.807) is 11.9 Å². The molecule has 2 aromatic rings. The summed E-state index contributed by atoms with van der Waals surface area (Å²) in [5, 5.41) is 12.5. The molecule has 1 unspecified atom stereocenters. The van der Waals surface area contributed by atoms with Gasteiger partial charge in [-0.3, -0.25) is 4.90 Å². The van der Waals surface area contributed by atoms with Crippen LogP contribution in [0.1, 0.15) is 17.6 Å². The number of aryl methyl sites for hydroxylation is 1. The van der Waals surface area contributed by atoms with Crippen LogP contribution < -0.4 is 0 Å². The first-order valence-electron chi connectivity index (χ1n) is 7.32. The van der Waals surface area contributed by atoms with Gasteiger partial charge in [0.25, 0.3) is 0 Å². The minimum absolute atomic E-state index is 0.140. The lowest BCUT2D eigenvalue weighted by molar-refractivity contribution is -0.0379. The van der Waals surface area contributed by atoms with Crippen LogP contribution in [0.25, 0.3) is 0 Å². The second kappa shape index (κ2) is 6.95. The number of imidazole rings is 1. The van der Waals surface area contributed by atoms with Gasteiger partial charge in [0.15, 0.2) is 0 Å². The minimum Gasteiger partial charge on any atom is -0.383 e. The monoisotopic (exact) mass is 307 g/mol. The normalized spacial score (nSPS) is 19.6. The predicted molar refractivity (Wildman–Crippen MR) is 76.9 cm³/mol. The topological polar surface area (TPSA) is 83.1 Å². The van der Waals surface area contributed by atoms with Gasteiger partial charge in [-0.25, -0.2) is 4.98 Å². The molecule has 2 aromatic heterocycles. The van der Waals surface area contributed by atoms with E-state index in [0.29, 0.717) is 25.6 Å². The van der Waals surface area contributed by atoms with Gasteiger partial charge in [0, 0.05) is 40.0 Å². The molecule has 1 fully saturated rings. The zero-order valence-electron chi connectivity index (χ0n) is 12.9. The Morgan fingerprint density at radius 1 is 1.45 bits per heavy atom. The maximum absolute atomic E-state index is 5.79. The average molecular weight is 307 g/mol. The second-order valence-electron chi connectivity index (χ2n) is 5.33. The molecule has 9 nitrogen and oxygen atoms in total. The summed E-state index contributed by atoms with van der Waals surface area (Å²) in [6.07, 6.45) is 3.57. The third-order valence-electron chi connectivity index (χ3n) is 3.70. The Morgan fingerprint density at radius 3 is 3.14 bits per heavy atom. The highest BCUT2D eigenvalue weighted by Crippen LogP contribution is 2.19. The van der Waals surface area contributed by atoms with E-state index in [2.05, 4.69) is 25.3 Å². The van der Waals surface area contributed by atoms with Crippen molar-refractivity contribution in [3.63, 3.8) is 0 Å². The molecule has 22 heavy (non-hydrogen) atoms. The molecule has 0 saturated carbocycles. The summed E-state index contributed by atoms with van der Waals surface area (Å²) in [6, 6.07) is 0. The third kappa shape index (κ3) is 3.49. The summed E-state index contributed by atoms with van der Waals surface area (Å²) in [5.41, 5.74) is 1.18. The predicted octanol–water partition coefficient (Wildman–Crippen LogP) is -0.373. The van der Waals surface area contributed by atoms with Crippen molar-refractivity contribution in [1.82, 2.24) is 34.7 Å². The number of aromatic nitrogens is 6. The molecule has 0 bridgehead atoms. The Bertz CT molecular complexity index is 597. The van der Waals surface area contributed by atoms with Gasteiger partial charge in [-0.15, -0.1) is 10.2 Å². The molecule has 3 heterocycles. The summed E-state index contributed by atoms with van der Waals surface area (Å²) in [4.78, 5) is 8.02. The van der Waals surface area contributed by atoms with Crippen molar-refractivity contribution >= 4 is 0 Å². The summed E-state index contributed by atoms with van der Waals surface area (Å²) in [6.45, 7) is 4.30. The Labute approximate surface area is 128 Å². The molecule has 0 aromatic carbocycles. The molecule has 0 radical (unpaired) electrons. The maximum Gasteiger partial charge on any atom is 0.204 e. The van der Waals surface area contributed by atoms with Gasteiger partial charge >= 0.3 is 0 Å². The van der Waals surface area contributed by atoms with E-state index in [1.807, 2.05) is 24.1 Å². The quantitative estimate of drug-likeness (QED) is 0.720. The van der Waals surface area contributed by atoms with Crippen molar-refractivity contribution in [2.45, 2.75) is 19.2 Å². The van der Waals surface area contributed by atoms with Crippen molar-refractivity contribution in [1.29, 1.82) is 0 Å². The van der Waals surface area contributed by atoms with Crippen LogP contribution in [0.2, 0.25) is 0 Å². The number of tetrazole rings is 1. The summed E-state index contributed by atoms with van der Waals surface area (Å²) >= 11 is 0. The van der Waals surface area contributed by atoms with Gasteiger partial charge in [0.05, 0.1) is 31.8 Å². The lowest BCUT2D eigenvalue weighted by Crippen LogP contribution is -2.38. The van der Waals surface area contributed by atoms with Crippen LogP contribution in [0.3, 0.4) is 0 Å². The number of ether oxygens (including phenoxy) is 2. The molecule has 0 amide bonds.